The number of hydrogen-bond acceptors (Lipinski definition) is 2. The minimum atomic E-state index is -0.0140. The molecule has 2 aromatic rings. The van der Waals surface area contributed by atoms with Gasteiger partial charge in [-0.2, -0.15) is 0 Å². The molecule has 2 aromatic carbocycles. The molecule has 0 fully saturated rings. The third kappa shape index (κ3) is 2.96. The summed E-state index contributed by atoms with van der Waals surface area (Å²) in [6.07, 6.45) is 0. The second-order valence-corrected chi connectivity index (χ2v) is 4.96. The van der Waals surface area contributed by atoms with Crippen LogP contribution in [-0.2, 0) is 0 Å². The lowest BCUT2D eigenvalue weighted by Crippen LogP contribution is -1.98. The van der Waals surface area contributed by atoms with Gasteiger partial charge >= 0.3 is 0 Å². The third-order valence-corrected chi connectivity index (χ3v) is 3.12. The molecule has 2 rings (SSSR count). The zero-order valence-electron chi connectivity index (χ0n) is 11.2. The van der Waals surface area contributed by atoms with Gasteiger partial charge in [0.15, 0.2) is 5.78 Å². The van der Waals surface area contributed by atoms with Crippen molar-refractivity contribution < 1.29 is 9.53 Å². The summed E-state index contributed by atoms with van der Waals surface area (Å²) < 4.78 is 5.91. The van der Waals surface area contributed by atoms with E-state index in [0.717, 1.165) is 16.9 Å². The summed E-state index contributed by atoms with van der Waals surface area (Å²) in [6.45, 7) is 5.40. The molecule has 0 N–H and O–H groups in total. The first-order chi connectivity index (χ1) is 8.99. The largest absolute Gasteiger partial charge is 0.456 e. The van der Waals surface area contributed by atoms with E-state index in [4.69, 9.17) is 16.3 Å². The van der Waals surface area contributed by atoms with Crippen molar-refractivity contribution in [1.29, 1.82) is 0 Å². The monoisotopic (exact) mass is 274 g/mol. The minimum Gasteiger partial charge on any atom is -0.456 e. The molecule has 3 heteroatoms. The molecule has 0 radical (unpaired) electrons. The highest BCUT2D eigenvalue weighted by molar-refractivity contribution is 6.30. The second kappa shape index (κ2) is 5.45. The van der Waals surface area contributed by atoms with Gasteiger partial charge in [0, 0.05) is 5.02 Å². The second-order valence-electron chi connectivity index (χ2n) is 4.52. The number of aryl methyl sites for hydroxylation is 2. The highest BCUT2D eigenvalue weighted by atomic mass is 35.5. The predicted octanol–water partition coefficient (Wildman–Crippen LogP) is 4.95. The van der Waals surface area contributed by atoms with E-state index in [1.54, 1.807) is 12.1 Å². The molecule has 0 aliphatic carbocycles. The summed E-state index contributed by atoms with van der Waals surface area (Å²) in [6, 6.07) is 10.9. The van der Waals surface area contributed by atoms with Crippen LogP contribution < -0.4 is 4.74 Å². The Morgan fingerprint density at radius 3 is 2.26 bits per heavy atom. The first-order valence-electron chi connectivity index (χ1n) is 6.03. The minimum absolute atomic E-state index is 0.0140. The Morgan fingerprint density at radius 1 is 1.11 bits per heavy atom. The van der Waals surface area contributed by atoms with Gasteiger partial charge in [0.2, 0.25) is 0 Å². The lowest BCUT2D eigenvalue weighted by atomic mass is 10.1. The number of Topliss-reactive ketones (excluding diaryl/α,β-unsaturated/α-hetero) is 1. The standard InChI is InChI=1S/C16H15ClO2/c1-10-8-13(17)9-11(2)16(10)19-15-7-5-4-6-14(15)12(3)18/h4-9H,1-3H3. The average Bonchev–Trinajstić information content (AvgIpc) is 2.34. The van der Waals surface area contributed by atoms with Crippen molar-refractivity contribution in [3.63, 3.8) is 0 Å². The van der Waals surface area contributed by atoms with E-state index < -0.39 is 0 Å². The number of para-hydroxylation sites is 1. The SMILES string of the molecule is CC(=O)c1ccccc1Oc1c(C)cc(Cl)cc1C. The Bertz CT molecular complexity index is 609. The summed E-state index contributed by atoms with van der Waals surface area (Å²) in [7, 11) is 0. The summed E-state index contributed by atoms with van der Waals surface area (Å²) in [4.78, 5) is 11.6. The van der Waals surface area contributed by atoms with Crippen LogP contribution in [0.2, 0.25) is 5.02 Å². The molecule has 0 heterocycles. The number of rotatable bonds is 3. The summed E-state index contributed by atoms with van der Waals surface area (Å²) >= 11 is 6.00. The lowest BCUT2D eigenvalue weighted by molar-refractivity contribution is 0.101. The molecule has 0 unspecified atom stereocenters. The smallest absolute Gasteiger partial charge is 0.163 e. The summed E-state index contributed by atoms with van der Waals surface area (Å²) in [5.41, 5.74) is 2.47. The highest BCUT2D eigenvalue weighted by Gasteiger charge is 2.12. The molecule has 0 aromatic heterocycles. The van der Waals surface area contributed by atoms with Gasteiger partial charge in [0.05, 0.1) is 5.56 Å². The van der Waals surface area contributed by atoms with E-state index in [1.165, 1.54) is 6.92 Å². The van der Waals surface area contributed by atoms with E-state index in [2.05, 4.69) is 0 Å². The van der Waals surface area contributed by atoms with Crippen LogP contribution in [0.25, 0.3) is 0 Å². The van der Waals surface area contributed by atoms with Crippen LogP contribution >= 0.6 is 11.6 Å². The van der Waals surface area contributed by atoms with Gasteiger partial charge in [0.25, 0.3) is 0 Å². The molecule has 98 valence electrons. The number of carbonyl (C=O) groups is 1. The molecule has 0 amide bonds. The quantitative estimate of drug-likeness (QED) is 0.740. The van der Waals surface area contributed by atoms with Gasteiger partial charge < -0.3 is 4.74 Å². The number of ether oxygens (including phenoxy) is 1. The van der Waals surface area contributed by atoms with Gasteiger partial charge in [-0.05, 0) is 56.2 Å². The van der Waals surface area contributed by atoms with Crippen molar-refractivity contribution in [1.82, 2.24) is 0 Å². The van der Waals surface area contributed by atoms with Crippen molar-refractivity contribution in [2.75, 3.05) is 0 Å². The number of benzene rings is 2. The van der Waals surface area contributed by atoms with E-state index >= 15 is 0 Å². The first-order valence-corrected chi connectivity index (χ1v) is 6.41. The molecular weight excluding hydrogens is 260 g/mol. The van der Waals surface area contributed by atoms with Crippen LogP contribution in [0, 0.1) is 13.8 Å². The lowest BCUT2D eigenvalue weighted by Gasteiger charge is -2.14. The zero-order chi connectivity index (χ0) is 14.0. The van der Waals surface area contributed by atoms with Crippen LogP contribution in [0.4, 0.5) is 0 Å². The van der Waals surface area contributed by atoms with E-state index in [9.17, 15) is 4.79 Å². The van der Waals surface area contributed by atoms with E-state index in [1.807, 2.05) is 38.1 Å². The van der Waals surface area contributed by atoms with E-state index in [-0.39, 0.29) is 5.78 Å². The van der Waals surface area contributed by atoms with Gasteiger partial charge in [-0.1, -0.05) is 23.7 Å². The van der Waals surface area contributed by atoms with Gasteiger partial charge in [0.1, 0.15) is 11.5 Å². The number of ketones is 1. The molecule has 0 atom stereocenters. The Morgan fingerprint density at radius 2 is 1.68 bits per heavy atom. The van der Waals surface area contributed by atoms with Crippen molar-refractivity contribution in [3.05, 3.63) is 58.1 Å². The topological polar surface area (TPSA) is 26.3 Å². The van der Waals surface area contributed by atoms with Crippen molar-refractivity contribution in [2.24, 2.45) is 0 Å². The molecule has 0 spiro atoms. The highest BCUT2D eigenvalue weighted by Crippen LogP contribution is 2.32. The fourth-order valence-corrected chi connectivity index (χ4v) is 2.34. The molecule has 0 saturated carbocycles. The zero-order valence-corrected chi connectivity index (χ0v) is 11.9. The number of hydrogen-bond donors (Lipinski definition) is 0. The van der Waals surface area contributed by atoms with Gasteiger partial charge in [-0.3, -0.25) is 4.79 Å². The molecule has 0 saturated heterocycles. The predicted molar refractivity (Wildman–Crippen MR) is 77.4 cm³/mol. The fourth-order valence-electron chi connectivity index (χ4n) is 2.01. The number of carbonyl (C=O) groups excluding carboxylic acids is 1. The molecule has 0 aliphatic heterocycles. The van der Waals surface area contributed by atoms with Crippen molar-refractivity contribution >= 4 is 17.4 Å². The molecule has 0 aliphatic rings. The summed E-state index contributed by atoms with van der Waals surface area (Å²) in [5, 5.41) is 0.683. The number of halogens is 1. The Labute approximate surface area is 118 Å². The average molecular weight is 275 g/mol. The third-order valence-electron chi connectivity index (χ3n) is 2.90. The fraction of sp³-hybridized carbons (Fsp3) is 0.188. The van der Waals surface area contributed by atoms with Gasteiger partial charge in [-0.25, -0.2) is 0 Å². The first kappa shape index (κ1) is 13.6. The maximum Gasteiger partial charge on any atom is 0.163 e. The molecular formula is C16H15ClO2. The van der Waals surface area contributed by atoms with Crippen LogP contribution in [0.3, 0.4) is 0 Å². The van der Waals surface area contributed by atoms with Crippen molar-refractivity contribution in [2.45, 2.75) is 20.8 Å². The normalized spacial score (nSPS) is 10.3. The van der Waals surface area contributed by atoms with Crippen molar-refractivity contribution in [3.8, 4) is 11.5 Å². The Kier molecular flexibility index (Phi) is 3.91. The summed E-state index contributed by atoms with van der Waals surface area (Å²) in [5.74, 6) is 1.31. The maximum atomic E-state index is 11.6. The van der Waals surface area contributed by atoms with E-state index in [0.29, 0.717) is 16.3 Å². The van der Waals surface area contributed by atoms with Crippen LogP contribution in [0.1, 0.15) is 28.4 Å². The maximum absolute atomic E-state index is 11.6. The van der Waals surface area contributed by atoms with Crippen LogP contribution in [0.5, 0.6) is 11.5 Å². The Balaban J connectivity index is 2.45. The van der Waals surface area contributed by atoms with Crippen LogP contribution in [0.15, 0.2) is 36.4 Å². The molecule has 19 heavy (non-hydrogen) atoms. The molecule has 2 nitrogen and oxygen atoms in total. The van der Waals surface area contributed by atoms with Gasteiger partial charge in [-0.15, -0.1) is 0 Å². The van der Waals surface area contributed by atoms with Crippen LogP contribution in [-0.4, -0.2) is 5.78 Å². The molecule has 0 bridgehead atoms. The Hall–Kier alpha value is -1.80.